The summed E-state index contributed by atoms with van der Waals surface area (Å²) in [5, 5.41) is 0. The van der Waals surface area contributed by atoms with Crippen LogP contribution in [0.3, 0.4) is 0 Å². The fourth-order valence-electron chi connectivity index (χ4n) is 1.80. The molecule has 1 atom stereocenters. The minimum atomic E-state index is 0.134. The molecule has 16 heavy (non-hydrogen) atoms. The van der Waals surface area contributed by atoms with E-state index >= 15 is 0 Å². The largest absolute Gasteiger partial charge is 0.294 e. The van der Waals surface area contributed by atoms with Crippen molar-refractivity contribution in [2.24, 2.45) is 5.92 Å². The summed E-state index contributed by atoms with van der Waals surface area (Å²) in [4.78, 5) is 11.5. The number of hydrogen-bond acceptors (Lipinski definition) is 1. The first-order chi connectivity index (χ1) is 7.75. The van der Waals surface area contributed by atoms with E-state index in [-0.39, 0.29) is 11.7 Å². The number of rotatable bonds is 3. The second kappa shape index (κ2) is 5.26. The van der Waals surface area contributed by atoms with Gasteiger partial charge in [0, 0.05) is 5.92 Å². The van der Waals surface area contributed by atoms with Crippen LogP contribution in [0, 0.1) is 5.92 Å². The van der Waals surface area contributed by atoms with Gasteiger partial charge >= 0.3 is 0 Å². The number of hydrogen-bond donors (Lipinski definition) is 0. The van der Waals surface area contributed by atoms with Crippen LogP contribution in [-0.2, 0) is 4.79 Å². The van der Waals surface area contributed by atoms with Crippen molar-refractivity contribution in [1.82, 2.24) is 0 Å². The molecule has 0 aromatic heterocycles. The fourth-order valence-corrected chi connectivity index (χ4v) is 2.42. The summed E-state index contributed by atoms with van der Waals surface area (Å²) in [7, 11) is 0. The Hall–Kier alpha value is -1.15. The number of carbonyl (C=O) groups excluding carboxylic acids is 1. The van der Waals surface area contributed by atoms with Gasteiger partial charge < -0.3 is 0 Å². The van der Waals surface area contributed by atoms with Gasteiger partial charge in [-0.05, 0) is 29.0 Å². The van der Waals surface area contributed by atoms with Crippen molar-refractivity contribution in [2.75, 3.05) is 0 Å². The Bertz CT molecular complexity index is 431. The molecule has 0 saturated heterocycles. The highest BCUT2D eigenvalue weighted by atomic mass is 79.9. The van der Waals surface area contributed by atoms with Gasteiger partial charge in [0.15, 0.2) is 5.78 Å². The van der Waals surface area contributed by atoms with Crippen molar-refractivity contribution in [3.8, 4) is 0 Å². The summed E-state index contributed by atoms with van der Waals surface area (Å²) >= 11 is 3.37. The molecule has 0 radical (unpaired) electrons. The molecule has 0 bridgehead atoms. The van der Waals surface area contributed by atoms with Crippen LogP contribution < -0.4 is 0 Å². The molecule has 1 aromatic rings. The Kier molecular flexibility index (Phi) is 3.73. The zero-order chi connectivity index (χ0) is 11.4. The molecule has 0 spiro atoms. The first-order valence-electron chi connectivity index (χ1n) is 5.37. The number of benzene rings is 1. The van der Waals surface area contributed by atoms with Crippen LogP contribution >= 0.6 is 15.9 Å². The van der Waals surface area contributed by atoms with E-state index in [4.69, 9.17) is 0 Å². The summed E-state index contributed by atoms with van der Waals surface area (Å²) in [6.45, 7) is 0. The maximum absolute atomic E-state index is 11.5. The molecule has 0 fully saturated rings. The molecule has 1 nitrogen and oxygen atoms in total. The summed E-state index contributed by atoms with van der Waals surface area (Å²) in [6.07, 6.45) is 7.51. The van der Waals surface area contributed by atoms with Crippen molar-refractivity contribution in [1.29, 1.82) is 0 Å². The molecule has 0 N–H and O–H groups in total. The zero-order valence-corrected chi connectivity index (χ0v) is 10.5. The van der Waals surface area contributed by atoms with Gasteiger partial charge in [0.1, 0.15) is 0 Å². The van der Waals surface area contributed by atoms with Gasteiger partial charge in [-0.15, -0.1) is 0 Å². The van der Waals surface area contributed by atoms with Crippen LogP contribution in [0.25, 0.3) is 6.08 Å². The highest BCUT2D eigenvalue weighted by Crippen LogP contribution is 2.28. The van der Waals surface area contributed by atoms with Gasteiger partial charge in [0.05, 0.1) is 0 Å². The average molecular weight is 277 g/mol. The first-order valence-corrected chi connectivity index (χ1v) is 6.16. The van der Waals surface area contributed by atoms with Crippen molar-refractivity contribution in [3.63, 3.8) is 0 Å². The molecule has 1 aliphatic carbocycles. The molecule has 2 rings (SSSR count). The predicted octanol–water partition coefficient (Wildman–Crippen LogP) is 3.96. The van der Waals surface area contributed by atoms with Gasteiger partial charge in [-0.1, -0.05) is 58.4 Å². The van der Waals surface area contributed by atoms with Crippen LogP contribution in [0.2, 0.25) is 0 Å². The summed E-state index contributed by atoms with van der Waals surface area (Å²) in [5.41, 5.74) is 1.18. The highest BCUT2D eigenvalue weighted by Gasteiger charge is 2.22. The Morgan fingerprint density at radius 1 is 1.31 bits per heavy atom. The van der Waals surface area contributed by atoms with Gasteiger partial charge in [-0.2, -0.15) is 0 Å². The van der Waals surface area contributed by atoms with Gasteiger partial charge in [-0.25, -0.2) is 0 Å². The summed E-state index contributed by atoms with van der Waals surface area (Å²) < 4.78 is 1.02. The fraction of sp³-hybridized carbons (Fsp3) is 0.214. The van der Waals surface area contributed by atoms with E-state index in [0.29, 0.717) is 0 Å². The second-order valence-electron chi connectivity index (χ2n) is 3.94. The standard InChI is InChI=1S/C14H13BrO/c15-13-9-12(14(16)10-13)8-4-7-11-5-2-1-3-6-11/h1-7,10,12H,8-9H2/b7-4+. The molecular weight excluding hydrogens is 264 g/mol. The van der Waals surface area contributed by atoms with Gasteiger partial charge in [0.25, 0.3) is 0 Å². The predicted molar refractivity (Wildman–Crippen MR) is 70.2 cm³/mol. The molecule has 1 unspecified atom stereocenters. The summed E-state index contributed by atoms with van der Waals surface area (Å²) in [6, 6.07) is 10.1. The first kappa shape index (κ1) is 11.3. The number of allylic oxidation sites excluding steroid dienone is 3. The number of halogens is 1. The molecule has 0 saturated carbocycles. The van der Waals surface area contributed by atoms with Crippen molar-refractivity contribution >= 4 is 27.8 Å². The Balaban J connectivity index is 1.89. The smallest absolute Gasteiger partial charge is 0.160 e. The maximum atomic E-state index is 11.5. The van der Waals surface area contributed by atoms with Crippen molar-refractivity contribution in [2.45, 2.75) is 12.8 Å². The van der Waals surface area contributed by atoms with E-state index in [1.165, 1.54) is 5.56 Å². The Morgan fingerprint density at radius 2 is 2.06 bits per heavy atom. The van der Waals surface area contributed by atoms with Crippen LogP contribution in [0.4, 0.5) is 0 Å². The molecule has 0 aliphatic heterocycles. The van der Waals surface area contributed by atoms with E-state index in [2.05, 4.69) is 40.2 Å². The third-order valence-electron chi connectivity index (χ3n) is 2.67. The van der Waals surface area contributed by atoms with Crippen LogP contribution in [-0.4, -0.2) is 5.78 Å². The van der Waals surface area contributed by atoms with Gasteiger partial charge in [-0.3, -0.25) is 4.79 Å². The monoisotopic (exact) mass is 276 g/mol. The molecular formula is C14H13BrO. The number of carbonyl (C=O) groups is 1. The Labute approximate surface area is 104 Å². The van der Waals surface area contributed by atoms with E-state index in [0.717, 1.165) is 17.3 Å². The van der Waals surface area contributed by atoms with Crippen LogP contribution in [0.1, 0.15) is 18.4 Å². The van der Waals surface area contributed by atoms with Crippen LogP contribution in [0.15, 0.2) is 47.0 Å². The topological polar surface area (TPSA) is 17.1 Å². The lowest BCUT2D eigenvalue weighted by molar-refractivity contribution is -0.117. The normalized spacial score (nSPS) is 20.4. The van der Waals surface area contributed by atoms with E-state index < -0.39 is 0 Å². The van der Waals surface area contributed by atoms with Crippen molar-refractivity contribution < 1.29 is 4.79 Å². The minimum absolute atomic E-state index is 0.134. The molecule has 82 valence electrons. The lowest BCUT2D eigenvalue weighted by atomic mass is 10.0. The molecule has 1 aliphatic rings. The van der Waals surface area contributed by atoms with E-state index in [1.54, 1.807) is 6.08 Å². The lowest BCUT2D eigenvalue weighted by Gasteiger charge is -2.03. The second-order valence-corrected chi connectivity index (χ2v) is 4.96. The molecule has 0 amide bonds. The number of ketones is 1. The van der Waals surface area contributed by atoms with Crippen molar-refractivity contribution in [3.05, 3.63) is 52.5 Å². The van der Waals surface area contributed by atoms with E-state index in [9.17, 15) is 4.79 Å². The lowest BCUT2D eigenvalue weighted by Crippen LogP contribution is -2.04. The van der Waals surface area contributed by atoms with Crippen LogP contribution in [0.5, 0.6) is 0 Å². The van der Waals surface area contributed by atoms with E-state index in [1.807, 2.05) is 18.2 Å². The molecule has 1 aromatic carbocycles. The zero-order valence-electron chi connectivity index (χ0n) is 8.90. The molecule has 0 heterocycles. The third kappa shape index (κ3) is 2.92. The highest BCUT2D eigenvalue weighted by molar-refractivity contribution is 9.11. The maximum Gasteiger partial charge on any atom is 0.160 e. The quantitative estimate of drug-likeness (QED) is 0.817. The third-order valence-corrected chi connectivity index (χ3v) is 3.23. The SMILES string of the molecule is O=C1C=C(Br)CC1C/C=C/c1ccccc1. The molecule has 2 heteroatoms. The average Bonchev–Trinajstić information content (AvgIpc) is 2.59. The Morgan fingerprint density at radius 3 is 2.69 bits per heavy atom. The minimum Gasteiger partial charge on any atom is -0.294 e. The van der Waals surface area contributed by atoms with Gasteiger partial charge in [0.2, 0.25) is 0 Å². The summed E-state index contributed by atoms with van der Waals surface area (Å²) in [5.74, 6) is 0.374.